The Bertz CT molecular complexity index is 491. The van der Waals surface area contributed by atoms with Crippen LogP contribution >= 0.6 is 0 Å². The van der Waals surface area contributed by atoms with Crippen molar-refractivity contribution in [3.63, 3.8) is 0 Å². The monoisotopic (exact) mass is 229 g/mol. The fraction of sp³-hybridized carbons (Fsp3) is 0.385. The van der Waals surface area contributed by atoms with E-state index in [0.29, 0.717) is 11.7 Å². The molecule has 1 heterocycles. The van der Waals surface area contributed by atoms with Crippen molar-refractivity contribution in [2.75, 3.05) is 0 Å². The summed E-state index contributed by atoms with van der Waals surface area (Å²) in [4.78, 5) is 3.98. The maximum Gasteiger partial charge on any atom is 0.157 e. The number of H-pyrrole nitrogens is 1. The number of rotatable bonds is 3. The summed E-state index contributed by atoms with van der Waals surface area (Å²) in [6.45, 7) is 0. The van der Waals surface area contributed by atoms with Gasteiger partial charge in [-0.1, -0.05) is 30.7 Å². The zero-order valence-corrected chi connectivity index (χ0v) is 9.50. The highest BCUT2D eigenvalue weighted by Crippen LogP contribution is 2.37. The van der Waals surface area contributed by atoms with Gasteiger partial charge in [-0.3, -0.25) is 5.10 Å². The van der Waals surface area contributed by atoms with E-state index in [1.807, 2.05) is 12.1 Å². The van der Waals surface area contributed by atoms with Crippen molar-refractivity contribution < 1.29 is 5.11 Å². The predicted octanol–water partition coefficient (Wildman–Crippen LogP) is 2.15. The standard InChI is InChI=1S/C13H15N3O/c17-12(13-14-8-15-16-13)11-6-2-5-10(7-11)9-3-1-4-9/h2,5-9,12,17H,1,3-4H2,(H,14,15,16). The minimum atomic E-state index is -0.711. The van der Waals surface area contributed by atoms with E-state index in [1.165, 1.54) is 31.2 Å². The molecule has 0 bridgehead atoms. The van der Waals surface area contributed by atoms with Crippen LogP contribution in [-0.4, -0.2) is 20.3 Å². The molecule has 1 atom stereocenters. The second-order valence-corrected chi connectivity index (χ2v) is 4.57. The Labute approximate surface area is 99.7 Å². The average Bonchev–Trinajstić information content (AvgIpc) is 2.79. The molecule has 1 aromatic carbocycles. The van der Waals surface area contributed by atoms with Crippen LogP contribution in [0, 0.1) is 0 Å². The van der Waals surface area contributed by atoms with Crippen molar-refractivity contribution in [3.8, 4) is 0 Å². The molecule has 1 aliphatic rings. The Balaban J connectivity index is 1.87. The smallest absolute Gasteiger partial charge is 0.157 e. The first-order chi connectivity index (χ1) is 8.34. The normalized spacial score (nSPS) is 17.7. The zero-order chi connectivity index (χ0) is 11.7. The van der Waals surface area contributed by atoms with E-state index in [9.17, 15) is 5.11 Å². The van der Waals surface area contributed by atoms with Gasteiger partial charge in [-0.05, 0) is 29.9 Å². The lowest BCUT2D eigenvalue weighted by Crippen LogP contribution is -2.10. The number of hydrogen-bond donors (Lipinski definition) is 2. The van der Waals surface area contributed by atoms with Gasteiger partial charge >= 0.3 is 0 Å². The van der Waals surface area contributed by atoms with E-state index in [0.717, 1.165) is 5.56 Å². The number of aliphatic hydroxyl groups is 1. The van der Waals surface area contributed by atoms with Gasteiger partial charge in [0.2, 0.25) is 0 Å². The van der Waals surface area contributed by atoms with Crippen molar-refractivity contribution >= 4 is 0 Å². The molecule has 1 aromatic heterocycles. The maximum atomic E-state index is 10.1. The van der Waals surface area contributed by atoms with Crippen molar-refractivity contribution in [2.24, 2.45) is 0 Å². The number of hydrogen-bond acceptors (Lipinski definition) is 3. The van der Waals surface area contributed by atoms with Gasteiger partial charge in [-0.25, -0.2) is 4.98 Å². The topological polar surface area (TPSA) is 61.8 Å². The molecule has 0 saturated heterocycles. The Kier molecular flexibility index (Phi) is 2.65. The van der Waals surface area contributed by atoms with Gasteiger partial charge in [-0.2, -0.15) is 5.10 Å². The number of benzene rings is 1. The molecule has 0 spiro atoms. The molecule has 88 valence electrons. The first kappa shape index (κ1) is 10.5. The molecule has 0 amide bonds. The molecule has 4 heteroatoms. The van der Waals surface area contributed by atoms with Crippen LogP contribution < -0.4 is 0 Å². The van der Waals surface area contributed by atoms with Gasteiger partial charge in [0.05, 0.1) is 0 Å². The van der Waals surface area contributed by atoms with Crippen LogP contribution in [0.4, 0.5) is 0 Å². The first-order valence-corrected chi connectivity index (χ1v) is 5.98. The molecule has 0 radical (unpaired) electrons. The minimum Gasteiger partial charge on any atom is -0.380 e. The third-order valence-electron chi connectivity index (χ3n) is 3.50. The van der Waals surface area contributed by atoms with E-state index in [-0.39, 0.29) is 0 Å². The first-order valence-electron chi connectivity index (χ1n) is 5.98. The lowest BCUT2D eigenvalue weighted by atomic mass is 9.79. The van der Waals surface area contributed by atoms with Crippen LogP contribution in [0.1, 0.15) is 48.2 Å². The predicted molar refractivity (Wildman–Crippen MR) is 63.5 cm³/mol. The molecular weight excluding hydrogens is 214 g/mol. The van der Waals surface area contributed by atoms with Crippen molar-refractivity contribution in [1.82, 2.24) is 15.2 Å². The highest BCUT2D eigenvalue weighted by molar-refractivity contribution is 5.31. The van der Waals surface area contributed by atoms with Gasteiger partial charge < -0.3 is 5.11 Å². The number of nitrogens with zero attached hydrogens (tertiary/aromatic N) is 2. The molecule has 4 nitrogen and oxygen atoms in total. The van der Waals surface area contributed by atoms with E-state index in [1.54, 1.807) is 0 Å². The SMILES string of the molecule is OC(c1cccc(C2CCC2)c1)c1ncn[nH]1. The maximum absolute atomic E-state index is 10.1. The molecule has 2 N–H and O–H groups in total. The summed E-state index contributed by atoms with van der Waals surface area (Å²) < 4.78 is 0. The molecule has 1 saturated carbocycles. The third-order valence-corrected chi connectivity index (χ3v) is 3.50. The lowest BCUT2D eigenvalue weighted by Gasteiger charge is -2.26. The number of aromatic amines is 1. The Morgan fingerprint density at radius 2 is 2.24 bits per heavy atom. The molecule has 2 aromatic rings. The van der Waals surface area contributed by atoms with Crippen molar-refractivity contribution in [1.29, 1.82) is 0 Å². The summed E-state index contributed by atoms with van der Waals surface area (Å²) in [5, 5.41) is 16.6. The Morgan fingerprint density at radius 1 is 1.35 bits per heavy atom. The molecule has 1 aliphatic carbocycles. The van der Waals surface area contributed by atoms with Crippen molar-refractivity contribution in [2.45, 2.75) is 31.3 Å². The number of nitrogens with one attached hydrogen (secondary N) is 1. The molecule has 3 rings (SSSR count). The van der Waals surface area contributed by atoms with Gasteiger partial charge in [0, 0.05) is 0 Å². The average molecular weight is 229 g/mol. The summed E-state index contributed by atoms with van der Waals surface area (Å²) in [5.74, 6) is 1.17. The molecule has 1 unspecified atom stereocenters. The van der Waals surface area contributed by atoms with Crippen LogP contribution in [0.5, 0.6) is 0 Å². The second-order valence-electron chi connectivity index (χ2n) is 4.57. The van der Waals surface area contributed by atoms with Crippen LogP contribution in [0.25, 0.3) is 0 Å². The molecule has 1 fully saturated rings. The van der Waals surface area contributed by atoms with E-state index in [4.69, 9.17) is 0 Å². The quantitative estimate of drug-likeness (QED) is 0.847. The summed E-state index contributed by atoms with van der Waals surface area (Å²) in [7, 11) is 0. The van der Waals surface area contributed by atoms with Crippen LogP contribution in [0.15, 0.2) is 30.6 Å². The van der Waals surface area contributed by atoms with Crippen molar-refractivity contribution in [3.05, 3.63) is 47.5 Å². The van der Waals surface area contributed by atoms with Crippen LogP contribution in [0.3, 0.4) is 0 Å². The fourth-order valence-corrected chi connectivity index (χ4v) is 2.23. The summed E-state index contributed by atoms with van der Waals surface area (Å²) in [5.41, 5.74) is 2.21. The zero-order valence-electron chi connectivity index (χ0n) is 9.50. The highest BCUT2D eigenvalue weighted by atomic mass is 16.3. The lowest BCUT2D eigenvalue weighted by molar-refractivity contribution is 0.210. The number of aromatic nitrogens is 3. The summed E-state index contributed by atoms with van der Waals surface area (Å²) >= 11 is 0. The van der Waals surface area contributed by atoms with Gasteiger partial charge in [0.1, 0.15) is 12.4 Å². The summed E-state index contributed by atoms with van der Waals surface area (Å²) in [6, 6.07) is 8.15. The summed E-state index contributed by atoms with van der Waals surface area (Å²) in [6.07, 6.45) is 4.55. The van der Waals surface area contributed by atoms with E-state index in [2.05, 4.69) is 27.3 Å². The van der Waals surface area contributed by atoms with Gasteiger partial charge in [0.25, 0.3) is 0 Å². The Hall–Kier alpha value is -1.68. The number of aliphatic hydroxyl groups excluding tert-OH is 1. The Morgan fingerprint density at radius 3 is 2.88 bits per heavy atom. The highest BCUT2D eigenvalue weighted by Gasteiger charge is 2.21. The third kappa shape index (κ3) is 1.96. The van der Waals surface area contributed by atoms with E-state index >= 15 is 0 Å². The molecule has 0 aliphatic heterocycles. The largest absolute Gasteiger partial charge is 0.380 e. The molecule has 17 heavy (non-hydrogen) atoms. The molecular formula is C13H15N3O. The fourth-order valence-electron chi connectivity index (χ4n) is 2.23. The van der Waals surface area contributed by atoms with Crippen LogP contribution in [0.2, 0.25) is 0 Å². The van der Waals surface area contributed by atoms with Gasteiger partial charge in [-0.15, -0.1) is 0 Å². The second kappa shape index (κ2) is 4.30. The van der Waals surface area contributed by atoms with Crippen LogP contribution in [-0.2, 0) is 0 Å². The minimum absolute atomic E-state index is 0.496. The van der Waals surface area contributed by atoms with Gasteiger partial charge in [0.15, 0.2) is 5.82 Å². The van der Waals surface area contributed by atoms with E-state index < -0.39 is 6.10 Å².